The van der Waals surface area contributed by atoms with Crippen LogP contribution >= 0.6 is 11.6 Å². The van der Waals surface area contributed by atoms with Gasteiger partial charge >= 0.3 is 0 Å². The van der Waals surface area contributed by atoms with Gasteiger partial charge in [0.2, 0.25) is 5.95 Å². The highest BCUT2D eigenvalue weighted by Crippen LogP contribution is 2.39. The summed E-state index contributed by atoms with van der Waals surface area (Å²) < 4.78 is 2.35. The first-order valence-corrected chi connectivity index (χ1v) is 15.2. The standard InChI is InChI=1S/C32H36ClN9/c1-20-26-17-22(33)5-12-28(26)39-32(37-20)38-23-6-3-21(4-7-23)27-18-42(31-29(27)30(34)35-19-36-31)25-10-8-24(9-11-25)41-15-13-40(2)14-16-41/h3-7,12,17-19,24-25H,8-11,13-16H2,1-2H3,(H2,34,35,36)(H,37,38,39)/t24-,25-. The number of hydrogen-bond donors (Lipinski definition) is 2. The summed E-state index contributed by atoms with van der Waals surface area (Å²) in [5.41, 5.74) is 12.1. The predicted octanol–water partition coefficient (Wildman–Crippen LogP) is 6.06. The third-order valence-corrected chi connectivity index (χ3v) is 9.29. The molecule has 5 aromatic rings. The Morgan fingerprint density at radius 1 is 0.905 bits per heavy atom. The number of benzene rings is 2. The summed E-state index contributed by atoms with van der Waals surface area (Å²) in [6.45, 7) is 6.66. The van der Waals surface area contributed by atoms with Gasteiger partial charge in [0.1, 0.15) is 17.8 Å². The number of nitrogens with zero attached hydrogens (tertiary/aromatic N) is 7. The van der Waals surface area contributed by atoms with Crippen LogP contribution < -0.4 is 11.1 Å². The van der Waals surface area contributed by atoms with Crippen LogP contribution in [0.1, 0.15) is 37.4 Å². The van der Waals surface area contributed by atoms with E-state index in [0.717, 1.165) is 57.3 Å². The minimum absolute atomic E-state index is 0.406. The summed E-state index contributed by atoms with van der Waals surface area (Å²) in [5.74, 6) is 1.07. The van der Waals surface area contributed by atoms with Gasteiger partial charge in [-0.3, -0.25) is 4.90 Å². The van der Waals surface area contributed by atoms with Crippen molar-refractivity contribution in [3.63, 3.8) is 0 Å². The van der Waals surface area contributed by atoms with Crippen molar-refractivity contribution >= 4 is 51.0 Å². The third-order valence-electron chi connectivity index (χ3n) is 9.05. The SMILES string of the molecule is Cc1nc(Nc2ccc(-c3cn([C@H]4CC[C@H](N5CCN(C)CC5)CC4)c4ncnc(N)c34)cc2)nc2ccc(Cl)cc12. The molecule has 3 N–H and O–H groups in total. The van der Waals surface area contributed by atoms with E-state index in [1.807, 2.05) is 37.3 Å². The molecule has 2 aromatic carbocycles. The quantitative estimate of drug-likeness (QED) is 0.258. The molecule has 2 fully saturated rings. The number of aromatic nitrogens is 5. The monoisotopic (exact) mass is 581 g/mol. The molecule has 216 valence electrons. The fourth-order valence-electron chi connectivity index (χ4n) is 6.67. The maximum Gasteiger partial charge on any atom is 0.228 e. The second-order valence-corrected chi connectivity index (χ2v) is 12.1. The zero-order chi connectivity index (χ0) is 28.8. The van der Waals surface area contributed by atoms with Crippen LogP contribution in [0.4, 0.5) is 17.5 Å². The number of likely N-dealkylation sites (N-methyl/N-ethyl adjacent to an activating group) is 1. The summed E-state index contributed by atoms with van der Waals surface area (Å²) >= 11 is 6.16. The molecule has 0 atom stereocenters. The number of nitrogens with two attached hydrogens (primary N) is 1. The van der Waals surface area contributed by atoms with Crippen molar-refractivity contribution < 1.29 is 0 Å². The smallest absolute Gasteiger partial charge is 0.228 e. The van der Waals surface area contributed by atoms with Gasteiger partial charge in [-0.15, -0.1) is 0 Å². The van der Waals surface area contributed by atoms with E-state index in [-0.39, 0.29) is 0 Å². The van der Waals surface area contributed by atoms with Crippen LogP contribution in [0, 0.1) is 6.92 Å². The molecule has 1 saturated carbocycles. The van der Waals surface area contributed by atoms with Gasteiger partial charge in [-0.1, -0.05) is 23.7 Å². The van der Waals surface area contributed by atoms with Crippen molar-refractivity contribution in [3.8, 4) is 11.1 Å². The summed E-state index contributed by atoms with van der Waals surface area (Å²) in [7, 11) is 2.22. The first-order valence-electron chi connectivity index (χ1n) is 14.8. The van der Waals surface area contributed by atoms with Gasteiger partial charge in [0.25, 0.3) is 0 Å². The number of aryl methyl sites for hydroxylation is 1. The van der Waals surface area contributed by atoms with Crippen molar-refractivity contribution in [3.05, 3.63) is 65.7 Å². The fourth-order valence-corrected chi connectivity index (χ4v) is 6.84. The highest BCUT2D eigenvalue weighted by molar-refractivity contribution is 6.31. The molecule has 0 amide bonds. The lowest BCUT2D eigenvalue weighted by atomic mass is 9.89. The Morgan fingerprint density at radius 3 is 2.40 bits per heavy atom. The van der Waals surface area contributed by atoms with E-state index >= 15 is 0 Å². The van der Waals surface area contributed by atoms with Crippen LogP contribution in [-0.2, 0) is 0 Å². The molecule has 10 heteroatoms. The Kier molecular flexibility index (Phi) is 7.17. The normalized spacial score (nSPS) is 20.4. The molecule has 1 aliphatic carbocycles. The molecular formula is C32H36ClN9. The lowest BCUT2D eigenvalue weighted by Crippen LogP contribution is -2.49. The average molecular weight is 582 g/mol. The number of halogens is 1. The molecule has 4 heterocycles. The first-order chi connectivity index (χ1) is 20.4. The number of piperazine rings is 1. The van der Waals surface area contributed by atoms with Gasteiger partial charge in [-0.05, 0) is 75.5 Å². The Hall–Kier alpha value is -3.79. The van der Waals surface area contributed by atoms with E-state index in [9.17, 15) is 0 Å². The first kappa shape index (κ1) is 27.1. The highest BCUT2D eigenvalue weighted by Gasteiger charge is 2.30. The summed E-state index contributed by atoms with van der Waals surface area (Å²) in [4.78, 5) is 23.5. The topological polar surface area (TPSA) is 101 Å². The molecular weight excluding hydrogens is 546 g/mol. The Balaban J connectivity index is 1.12. The Morgan fingerprint density at radius 2 is 1.64 bits per heavy atom. The van der Waals surface area contributed by atoms with Crippen LogP contribution in [-0.4, -0.2) is 73.6 Å². The molecule has 1 aliphatic heterocycles. The molecule has 0 unspecified atom stereocenters. The molecule has 0 spiro atoms. The second kappa shape index (κ2) is 11.1. The van der Waals surface area contributed by atoms with Gasteiger partial charge in [0.15, 0.2) is 0 Å². The van der Waals surface area contributed by atoms with Gasteiger partial charge in [0, 0.05) is 66.1 Å². The maximum absolute atomic E-state index is 6.46. The van der Waals surface area contributed by atoms with Crippen LogP contribution in [0.2, 0.25) is 5.02 Å². The van der Waals surface area contributed by atoms with Crippen LogP contribution in [0.3, 0.4) is 0 Å². The van der Waals surface area contributed by atoms with E-state index in [4.69, 9.17) is 22.3 Å². The Labute approximate surface area is 250 Å². The minimum atomic E-state index is 0.406. The number of hydrogen-bond acceptors (Lipinski definition) is 8. The highest BCUT2D eigenvalue weighted by atomic mass is 35.5. The minimum Gasteiger partial charge on any atom is -0.383 e. The molecule has 1 saturated heterocycles. The van der Waals surface area contributed by atoms with E-state index in [1.54, 1.807) is 6.33 Å². The number of fused-ring (bicyclic) bond motifs is 2. The molecule has 3 aromatic heterocycles. The number of rotatable bonds is 5. The van der Waals surface area contributed by atoms with E-state index in [2.05, 4.69) is 60.0 Å². The number of nitrogen functional groups attached to an aromatic ring is 1. The number of nitrogens with one attached hydrogen (secondary N) is 1. The van der Waals surface area contributed by atoms with Gasteiger partial charge in [-0.2, -0.15) is 0 Å². The van der Waals surface area contributed by atoms with Crippen molar-refractivity contribution in [2.45, 2.75) is 44.7 Å². The van der Waals surface area contributed by atoms with Gasteiger partial charge in [-0.25, -0.2) is 19.9 Å². The summed E-state index contributed by atoms with van der Waals surface area (Å²) in [6.07, 6.45) is 8.54. The fraction of sp³-hybridized carbons (Fsp3) is 0.375. The largest absolute Gasteiger partial charge is 0.383 e. The van der Waals surface area contributed by atoms with Crippen LogP contribution in [0.25, 0.3) is 33.1 Å². The predicted molar refractivity (Wildman–Crippen MR) is 170 cm³/mol. The lowest BCUT2D eigenvalue weighted by molar-refractivity contribution is 0.0828. The Bertz CT molecular complexity index is 1730. The van der Waals surface area contributed by atoms with Gasteiger partial charge < -0.3 is 20.5 Å². The maximum atomic E-state index is 6.46. The molecule has 0 radical (unpaired) electrons. The lowest BCUT2D eigenvalue weighted by Gasteiger charge is -2.41. The molecule has 42 heavy (non-hydrogen) atoms. The van der Waals surface area contributed by atoms with Crippen molar-refractivity contribution in [1.29, 1.82) is 0 Å². The molecule has 2 aliphatic rings. The zero-order valence-electron chi connectivity index (χ0n) is 24.1. The van der Waals surface area contributed by atoms with Crippen molar-refractivity contribution in [1.82, 2.24) is 34.3 Å². The summed E-state index contributed by atoms with van der Waals surface area (Å²) in [5, 5.41) is 5.90. The molecule has 7 rings (SSSR count). The average Bonchev–Trinajstić information content (AvgIpc) is 3.40. The molecule has 9 nitrogen and oxygen atoms in total. The zero-order valence-corrected chi connectivity index (χ0v) is 24.8. The van der Waals surface area contributed by atoms with E-state index in [0.29, 0.717) is 28.9 Å². The second-order valence-electron chi connectivity index (χ2n) is 11.7. The number of anilines is 3. The molecule has 0 bridgehead atoms. The van der Waals surface area contributed by atoms with Crippen molar-refractivity contribution in [2.24, 2.45) is 0 Å². The van der Waals surface area contributed by atoms with Crippen LogP contribution in [0.5, 0.6) is 0 Å². The van der Waals surface area contributed by atoms with Gasteiger partial charge in [0.05, 0.1) is 16.6 Å². The van der Waals surface area contributed by atoms with E-state index < -0.39 is 0 Å². The third kappa shape index (κ3) is 5.17. The van der Waals surface area contributed by atoms with Crippen LogP contribution in [0.15, 0.2) is 55.0 Å². The van der Waals surface area contributed by atoms with E-state index in [1.165, 1.54) is 39.0 Å². The van der Waals surface area contributed by atoms with Crippen molar-refractivity contribution in [2.75, 3.05) is 44.3 Å². The summed E-state index contributed by atoms with van der Waals surface area (Å²) in [6, 6.07) is 15.1.